The topological polar surface area (TPSA) is 97.2 Å². The average Bonchev–Trinajstić information content (AvgIpc) is 2.94. The van der Waals surface area contributed by atoms with Crippen molar-refractivity contribution < 1.29 is 13.2 Å². The molecule has 8 nitrogen and oxygen atoms in total. The molecule has 0 saturated heterocycles. The molecular formula is C20H31N5O3S. The minimum Gasteiger partial charge on any atom is -0.353 e. The molecule has 1 aromatic carbocycles. The second kappa shape index (κ2) is 9.67. The Morgan fingerprint density at radius 1 is 1.17 bits per heavy atom. The fourth-order valence-corrected chi connectivity index (χ4v) is 5.40. The maximum atomic E-state index is 12.7. The van der Waals surface area contributed by atoms with Crippen LogP contribution >= 0.6 is 0 Å². The largest absolute Gasteiger partial charge is 0.353 e. The Morgan fingerprint density at radius 2 is 1.86 bits per heavy atom. The number of nitrogens with zero attached hydrogens (tertiary/aromatic N) is 4. The highest BCUT2D eigenvalue weighted by atomic mass is 32.2. The highest BCUT2D eigenvalue weighted by Gasteiger charge is 2.22. The van der Waals surface area contributed by atoms with Gasteiger partial charge in [-0.1, -0.05) is 44.7 Å². The molecule has 1 aliphatic rings. The van der Waals surface area contributed by atoms with Crippen LogP contribution in [0.15, 0.2) is 23.1 Å². The molecule has 0 atom stereocenters. The van der Waals surface area contributed by atoms with E-state index in [1.165, 1.54) is 30.0 Å². The van der Waals surface area contributed by atoms with Crippen LogP contribution in [0, 0.1) is 0 Å². The minimum absolute atomic E-state index is 0.0290. The van der Waals surface area contributed by atoms with Gasteiger partial charge < -0.3 is 5.32 Å². The van der Waals surface area contributed by atoms with Gasteiger partial charge in [-0.2, -0.15) is 4.31 Å². The lowest BCUT2D eigenvalue weighted by atomic mass is 10.1. The molecule has 1 fully saturated rings. The van der Waals surface area contributed by atoms with E-state index in [1.54, 1.807) is 22.9 Å². The second-order valence-electron chi connectivity index (χ2n) is 7.56. The number of aryl methyl sites for hydroxylation is 1. The molecule has 1 aromatic heterocycles. The van der Waals surface area contributed by atoms with Crippen molar-refractivity contribution in [3.05, 3.63) is 18.2 Å². The van der Waals surface area contributed by atoms with Crippen LogP contribution in [0.3, 0.4) is 0 Å². The zero-order valence-corrected chi connectivity index (χ0v) is 18.1. The summed E-state index contributed by atoms with van der Waals surface area (Å²) in [6, 6.07) is 5.14. The van der Waals surface area contributed by atoms with Crippen molar-refractivity contribution in [1.82, 2.24) is 24.6 Å². The van der Waals surface area contributed by atoms with Gasteiger partial charge in [0, 0.05) is 25.6 Å². The van der Waals surface area contributed by atoms with Crippen molar-refractivity contribution in [2.75, 3.05) is 13.1 Å². The molecule has 3 rings (SSSR count). The standard InChI is InChI=1S/C20H31N5O3S/c1-3-24(4-2)29(27,28)17-11-12-19-18(15-17)22-23-25(19)14-13-20(26)21-16-9-7-5-6-8-10-16/h11-12,15-16H,3-10,13-14H2,1-2H3,(H,21,26). The Hall–Kier alpha value is -2.00. The number of hydrogen-bond donors (Lipinski definition) is 1. The van der Waals surface area contributed by atoms with Crippen molar-refractivity contribution in [2.45, 2.75) is 76.3 Å². The maximum Gasteiger partial charge on any atom is 0.243 e. The number of nitrogens with one attached hydrogen (secondary N) is 1. The highest BCUT2D eigenvalue weighted by Crippen LogP contribution is 2.21. The molecule has 0 aliphatic heterocycles. The number of rotatable bonds is 8. The van der Waals surface area contributed by atoms with Crippen molar-refractivity contribution in [3.63, 3.8) is 0 Å². The van der Waals surface area contributed by atoms with Crippen LogP contribution in [0.25, 0.3) is 11.0 Å². The number of sulfonamides is 1. The molecule has 1 aliphatic carbocycles. The number of amides is 1. The first-order chi connectivity index (χ1) is 14.0. The summed E-state index contributed by atoms with van der Waals surface area (Å²) in [6.07, 6.45) is 7.30. The Morgan fingerprint density at radius 3 is 2.52 bits per heavy atom. The molecule has 0 radical (unpaired) electrons. The summed E-state index contributed by atoms with van der Waals surface area (Å²) in [4.78, 5) is 12.5. The normalized spacial score (nSPS) is 16.2. The van der Waals surface area contributed by atoms with Gasteiger partial charge in [-0.25, -0.2) is 13.1 Å². The summed E-state index contributed by atoms with van der Waals surface area (Å²) in [5.74, 6) is 0.0290. The zero-order valence-electron chi connectivity index (χ0n) is 17.3. The number of aromatic nitrogens is 3. The third-order valence-electron chi connectivity index (χ3n) is 5.60. The Labute approximate surface area is 172 Å². The van der Waals surface area contributed by atoms with Crippen LogP contribution in [0.1, 0.15) is 58.8 Å². The van der Waals surface area contributed by atoms with E-state index in [9.17, 15) is 13.2 Å². The lowest BCUT2D eigenvalue weighted by Crippen LogP contribution is -2.34. The van der Waals surface area contributed by atoms with Gasteiger partial charge in [0.2, 0.25) is 15.9 Å². The molecule has 0 bridgehead atoms. The smallest absolute Gasteiger partial charge is 0.243 e. The van der Waals surface area contributed by atoms with Gasteiger partial charge in [-0.15, -0.1) is 5.10 Å². The SMILES string of the molecule is CCN(CC)S(=O)(=O)c1ccc2c(c1)nnn2CCC(=O)NC1CCCCCC1. The molecule has 29 heavy (non-hydrogen) atoms. The van der Waals surface area contributed by atoms with E-state index >= 15 is 0 Å². The Balaban J connectivity index is 1.66. The van der Waals surface area contributed by atoms with E-state index in [1.807, 2.05) is 13.8 Å². The van der Waals surface area contributed by atoms with Crippen LogP contribution in [0.2, 0.25) is 0 Å². The first kappa shape index (κ1) is 21.7. The van der Waals surface area contributed by atoms with Crippen molar-refractivity contribution in [3.8, 4) is 0 Å². The van der Waals surface area contributed by atoms with Gasteiger partial charge >= 0.3 is 0 Å². The quantitative estimate of drug-likeness (QED) is 0.661. The van der Waals surface area contributed by atoms with Gasteiger partial charge in [0.1, 0.15) is 5.52 Å². The molecule has 1 N–H and O–H groups in total. The number of benzene rings is 1. The first-order valence-electron chi connectivity index (χ1n) is 10.6. The molecule has 1 amide bonds. The predicted molar refractivity (Wildman–Crippen MR) is 112 cm³/mol. The second-order valence-corrected chi connectivity index (χ2v) is 9.50. The highest BCUT2D eigenvalue weighted by molar-refractivity contribution is 7.89. The van der Waals surface area contributed by atoms with Gasteiger partial charge in [-0.3, -0.25) is 4.79 Å². The molecule has 1 heterocycles. The van der Waals surface area contributed by atoms with E-state index in [0.717, 1.165) is 18.4 Å². The fraction of sp³-hybridized carbons (Fsp3) is 0.650. The zero-order chi connectivity index (χ0) is 20.9. The molecule has 160 valence electrons. The van der Waals surface area contributed by atoms with Crippen LogP contribution in [0.5, 0.6) is 0 Å². The third-order valence-corrected chi connectivity index (χ3v) is 7.65. The van der Waals surface area contributed by atoms with Crippen molar-refractivity contribution in [2.24, 2.45) is 0 Å². The summed E-state index contributed by atoms with van der Waals surface area (Å²) >= 11 is 0. The lowest BCUT2D eigenvalue weighted by molar-refractivity contribution is -0.122. The van der Waals surface area contributed by atoms with Crippen LogP contribution in [-0.2, 0) is 21.4 Å². The summed E-state index contributed by atoms with van der Waals surface area (Å²) in [5, 5.41) is 11.4. The predicted octanol–water partition coefficient (Wildman–Crippen LogP) is 2.69. The van der Waals surface area contributed by atoms with Crippen LogP contribution in [0.4, 0.5) is 0 Å². The van der Waals surface area contributed by atoms with Gasteiger partial charge in [-0.05, 0) is 31.0 Å². The Bertz CT molecular complexity index is 929. The molecule has 0 spiro atoms. The molecule has 1 saturated carbocycles. The van der Waals surface area contributed by atoms with Gasteiger partial charge in [0.25, 0.3) is 0 Å². The third kappa shape index (κ3) is 5.14. The van der Waals surface area contributed by atoms with Gasteiger partial charge in [0.15, 0.2) is 0 Å². The van der Waals surface area contributed by atoms with E-state index in [2.05, 4.69) is 15.6 Å². The monoisotopic (exact) mass is 421 g/mol. The summed E-state index contributed by atoms with van der Waals surface area (Å²) in [5.41, 5.74) is 1.24. The number of carbonyl (C=O) groups excluding carboxylic acids is 1. The summed E-state index contributed by atoms with van der Waals surface area (Å²) in [6.45, 7) is 4.88. The van der Waals surface area contributed by atoms with E-state index < -0.39 is 10.0 Å². The molecule has 9 heteroatoms. The molecule has 0 unspecified atom stereocenters. The number of carbonyl (C=O) groups is 1. The van der Waals surface area contributed by atoms with Crippen LogP contribution in [-0.4, -0.2) is 52.8 Å². The van der Waals surface area contributed by atoms with E-state index in [0.29, 0.717) is 31.6 Å². The van der Waals surface area contributed by atoms with Crippen molar-refractivity contribution >= 4 is 27.0 Å². The van der Waals surface area contributed by atoms with Gasteiger partial charge in [0.05, 0.1) is 17.0 Å². The van der Waals surface area contributed by atoms with Crippen molar-refractivity contribution in [1.29, 1.82) is 0 Å². The molecule has 2 aromatic rings. The molecular weight excluding hydrogens is 390 g/mol. The average molecular weight is 422 g/mol. The lowest BCUT2D eigenvalue weighted by Gasteiger charge is -2.18. The minimum atomic E-state index is -3.54. The van der Waals surface area contributed by atoms with E-state index in [-0.39, 0.29) is 16.8 Å². The van der Waals surface area contributed by atoms with E-state index in [4.69, 9.17) is 0 Å². The number of fused-ring (bicyclic) bond motifs is 1. The first-order valence-corrected chi connectivity index (χ1v) is 12.0. The summed E-state index contributed by atoms with van der Waals surface area (Å²) < 4.78 is 28.5. The number of hydrogen-bond acceptors (Lipinski definition) is 5. The Kier molecular flexibility index (Phi) is 7.23. The summed E-state index contributed by atoms with van der Waals surface area (Å²) in [7, 11) is -3.54. The fourth-order valence-electron chi connectivity index (χ4n) is 3.92. The van der Waals surface area contributed by atoms with Crippen LogP contribution < -0.4 is 5.32 Å². The maximum absolute atomic E-state index is 12.7.